The van der Waals surface area contributed by atoms with Gasteiger partial charge in [-0.2, -0.15) is 0 Å². The second-order valence-corrected chi connectivity index (χ2v) is 7.19. The molecule has 0 saturated heterocycles. The van der Waals surface area contributed by atoms with E-state index >= 15 is 0 Å². The molecule has 1 saturated carbocycles. The monoisotopic (exact) mass is 280 g/mol. The molecule has 1 aromatic rings. The van der Waals surface area contributed by atoms with Crippen LogP contribution in [-0.2, 0) is 11.2 Å². The molecule has 0 bridgehead atoms. The summed E-state index contributed by atoms with van der Waals surface area (Å²) >= 11 is 0. The minimum absolute atomic E-state index is 0.00103. The molecule has 1 fully saturated rings. The van der Waals surface area contributed by atoms with E-state index < -0.39 is 0 Å². The van der Waals surface area contributed by atoms with Crippen LogP contribution in [0.4, 0.5) is 0 Å². The fourth-order valence-corrected chi connectivity index (χ4v) is 5.28. The Kier molecular flexibility index (Phi) is 2.89. The van der Waals surface area contributed by atoms with Crippen LogP contribution < -0.4 is 0 Å². The molecule has 21 heavy (non-hydrogen) atoms. The zero-order valence-corrected chi connectivity index (χ0v) is 13.2. The van der Waals surface area contributed by atoms with Crippen LogP contribution in [-0.4, -0.2) is 5.78 Å². The van der Waals surface area contributed by atoms with Crippen LogP contribution in [0.1, 0.15) is 62.1 Å². The highest BCUT2D eigenvalue weighted by Gasteiger charge is 2.52. The molecule has 0 N–H and O–H groups in total. The molecule has 0 aliphatic heterocycles. The molecular formula is C20H24O. The first-order valence-electron chi connectivity index (χ1n) is 8.51. The van der Waals surface area contributed by atoms with Gasteiger partial charge in [0, 0.05) is 11.8 Å². The number of carbonyl (C=O) groups is 1. The van der Waals surface area contributed by atoms with Crippen molar-refractivity contribution in [2.45, 2.75) is 58.8 Å². The normalized spacial score (nSPS) is 31.0. The van der Waals surface area contributed by atoms with Crippen molar-refractivity contribution in [2.24, 2.45) is 11.3 Å². The van der Waals surface area contributed by atoms with Gasteiger partial charge in [0.15, 0.2) is 0 Å². The molecule has 2 atom stereocenters. The van der Waals surface area contributed by atoms with Gasteiger partial charge in [-0.15, -0.1) is 0 Å². The van der Waals surface area contributed by atoms with Gasteiger partial charge in [-0.25, -0.2) is 0 Å². The third-order valence-electron chi connectivity index (χ3n) is 6.39. The van der Waals surface area contributed by atoms with Crippen LogP contribution in [0.5, 0.6) is 0 Å². The van der Waals surface area contributed by atoms with Crippen LogP contribution in [0.15, 0.2) is 23.8 Å². The van der Waals surface area contributed by atoms with Gasteiger partial charge in [0.2, 0.25) is 0 Å². The number of hydrogen-bond donors (Lipinski definition) is 0. The summed E-state index contributed by atoms with van der Waals surface area (Å²) in [6.45, 7) is 4.41. The van der Waals surface area contributed by atoms with Gasteiger partial charge in [0.1, 0.15) is 5.78 Å². The summed E-state index contributed by atoms with van der Waals surface area (Å²) in [5.74, 6) is 1.10. The number of ketones is 1. The van der Waals surface area contributed by atoms with E-state index in [1.807, 2.05) is 0 Å². The number of allylic oxidation sites excluding steroid dienone is 2. The fraction of sp³-hybridized carbons (Fsp3) is 0.550. The van der Waals surface area contributed by atoms with E-state index in [0.717, 1.165) is 32.1 Å². The van der Waals surface area contributed by atoms with Gasteiger partial charge < -0.3 is 0 Å². The number of carbonyl (C=O) groups excluding carboxylic acids is 1. The summed E-state index contributed by atoms with van der Waals surface area (Å²) in [6.07, 6.45) is 7.50. The van der Waals surface area contributed by atoms with E-state index in [1.165, 1.54) is 29.5 Å². The van der Waals surface area contributed by atoms with E-state index in [2.05, 4.69) is 32.0 Å². The highest BCUT2D eigenvalue weighted by atomic mass is 16.1. The number of fused-ring (bicyclic) bond motifs is 4. The molecule has 3 aliphatic rings. The standard InChI is InChI=1S/C20H24O/c1-3-20-11-10-16-15-6-4-13(2)12-14(15)5-7-17(16)18(20)8-9-19(20)21/h4,6,12,18H,3,5,7-11H2,1-2H3/t18?,20-/m0/s1. The number of hydrogen-bond acceptors (Lipinski definition) is 1. The molecule has 1 aromatic carbocycles. The maximum atomic E-state index is 12.5. The van der Waals surface area contributed by atoms with Crippen molar-refractivity contribution in [1.29, 1.82) is 0 Å². The van der Waals surface area contributed by atoms with E-state index in [4.69, 9.17) is 0 Å². The third kappa shape index (κ3) is 1.73. The van der Waals surface area contributed by atoms with Crippen LogP contribution in [0, 0.1) is 18.3 Å². The molecule has 0 amide bonds. The van der Waals surface area contributed by atoms with E-state index in [-0.39, 0.29) is 5.41 Å². The quantitative estimate of drug-likeness (QED) is 0.717. The Morgan fingerprint density at radius 2 is 2.05 bits per heavy atom. The van der Waals surface area contributed by atoms with Gasteiger partial charge in [-0.3, -0.25) is 4.79 Å². The topological polar surface area (TPSA) is 17.1 Å². The van der Waals surface area contributed by atoms with Crippen molar-refractivity contribution >= 4 is 11.4 Å². The third-order valence-corrected chi connectivity index (χ3v) is 6.39. The first-order valence-corrected chi connectivity index (χ1v) is 8.51. The second-order valence-electron chi connectivity index (χ2n) is 7.19. The Hall–Kier alpha value is -1.37. The van der Waals surface area contributed by atoms with Gasteiger partial charge >= 0.3 is 0 Å². The summed E-state index contributed by atoms with van der Waals surface area (Å²) in [5.41, 5.74) is 7.63. The van der Waals surface area contributed by atoms with Crippen LogP contribution >= 0.6 is 0 Å². The molecule has 4 rings (SSSR count). The zero-order valence-electron chi connectivity index (χ0n) is 13.2. The summed E-state index contributed by atoms with van der Waals surface area (Å²) in [4.78, 5) is 12.5. The van der Waals surface area contributed by atoms with Crippen LogP contribution in [0.2, 0.25) is 0 Å². The Morgan fingerprint density at radius 3 is 2.86 bits per heavy atom. The molecule has 0 aromatic heterocycles. The first kappa shape index (κ1) is 13.3. The number of rotatable bonds is 1. The van der Waals surface area contributed by atoms with Crippen molar-refractivity contribution < 1.29 is 4.79 Å². The largest absolute Gasteiger partial charge is 0.299 e. The summed E-state index contributed by atoms with van der Waals surface area (Å²) in [6, 6.07) is 6.94. The molecule has 3 aliphatic carbocycles. The maximum Gasteiger partial charge on any atom is 0.139 e. The molecule has 1 nitrogen and oxygen atoms in total. The summed E-state index contributed by atoms with van der Waals surface area (Å²) in [5, 5.41) is 0. The van der Waals surface area contributed by atoms with Crippen molar-refractivity contribution in [2.75, 3.05) is 0 Å². The van der Waals surface area contributed by atoms with E-state index in [1.54, 1.807) is 11.1 Å². The Bertz CT molecular complexity index is 652. The molecule has 0 radical (unpaired) electrons. The molecule has 1 heteroatoms. The van der Waals surface area contributed by atoms with Crippen LogP contribution in [0.25, 0.3) is 5.57 Å². The van der Waals surface area contributed by atoms with Gasteiger partial charge in [0.05, 0.1) is 0 Å². The highest BCUT2D eigenvalue weighted by molar-refractivity contribution is 5.90. The average Bonchev–Trinajstić information content (AvgIpc) is 2.84. The average molecular weight is 280 g/mol. The predicted molar refractivity (Wildman–Crippen MR) is 86.1 cm³/mol. The molecule has 0 spiro atoms. The molecular weight excluding hydrogens is 256 g/mol. The second kappa shape index (κ2) is 4.56. The number of aryl methyl sites for hydroxylation is 2. The van der Waals surface area contributed by atoms with Crippen LogP contribution in [0.3, 0.4) is 0 Å². The minimum Gasteiger partial charge on any atom is -0.299 e. The zero-order chi connectivity index (χ0) is 14.6. The lowest BCUT2D eigenvalue weighted by molar-refractivity contribution is -0.127. The van der Waals surface area contributed by atoms with Crippen molar-refractivity contribution in [3.8, 4) is 0 Å². The van der Waals surface area contributed by atoms with E-state index in [0.29, 0.717) is 11.7 Å². The maximum absolute atomic E-state index is 12.5. The molecule has 0 heterocycles. The number of benzene rings is 1. The van der Waals surface area contributed by atoms with Crippen molar-refractivity contribution in [3.63, 3.8) is 0 Å². The van der Waals surface area contributed by atoms with E-state index in [9.17, 15) is 4.79 Å². The van der Waals surface area contributed by atoms with Crippen molar-refractivity contribution in [3.05, 3.63) is 40.5 Å². The smallest absolute Gasteiger partial charge is 0.139 e. The SMILES string of the molecule is CC[C@]12CCC3=C(CCc4cc(C)ccc43)C1CCC2=O. The van der Waals surface area contributed by atoms with Gasteiger partial charge in [-0.1, -0.05) is 36.3 Å². The number of Topliss-reactive ketones (excluding diaryl/α,β-unsaturated/α-hetero) is 1. The van der Waals surface area contributed by atoms with Gasteiger partial charge in [0.25, 0.3) is 0 Å². The fourth-order valence-electron chi connectivity index (χ4n) is 5.28. The first-order chi connectivity index (χ1) is 10.2. The Morgan fingerprint density at radius 1 is 1.19 bits per heavy atom. The lowest BCUT2D eigenvalue weighted by Gasteiger charge is -2.42. The predicted octanol–water partition coefficient (Wildman–Crippen LogP) is 4.86. The molecule has 110 valence electrons. The Labute approximate surface area is 127 Å². The highest BCUT2D eigenvalue weighted by Crippen LogP contribution is 2.58. The lowest BCUT2D eigenvalue weighted by atomic mass is 9.61. The van der Waals surface area contributed by atoms with Crippen molar-refractivity contribution in [1.82, 2.24) is 0 Å². The Balaban J connectivity index is 1.84. The summed E-state index contributed by atoms with van der Waals surface area (Å²) < 4.78 is 0. The van der Waals surface area contributed by atoms with Gasteiger partial charge in [-0.05, 0) is 68.1 Å². The summed E-state index contributed by atoms with van der Waals surface area (Å²) in [7, 11) is 0. The lowest BCUT2D eigenvalue weighted by Crippen LogP contribution is -2.36. The molecule has 1 unspecified atom stereocenters. The minimum atomic E-state index is 0.00103.